The van der Waals surface area contributed by atoms with Crippen molar-refractivity contribution in [2.75, 3.05) is 19.0 Å². The summed E-state index contributed by atoms with van der Waals surface area (Å²) >= 11 is 7.14. The molecule has 3 aromatic rings. The number of thiazole rings is 1. The molecular formula is C24H27Cl2N3O2S. The Morgan fingerprint density at radius 2 is 1.88 bits per heavy atom. The van der Waals surface area contributed by atoms with Gasteiger partial charge < -0.3 is 10.2 Å². The van der Waals surface area contributed by atoms with Crippen LogP contribution in [0.5, 0.6) is 0 Å². The van der Waals surface area contributed by atoms with Gasteiger partial charge in [-0.05, 0) is 43.4 Å². The molecule has 2 aromatic carbocycles. The Labute approximate surface area is 203 Å². The van der Waals surface area contributed by atoms with Gasteiger partial charge >= 0.3 is 0 Å². The van der Waals surface area contributed by atoms with Crippen molar-refractivity contribution in [2.24, 2.45) is 5.92 Å². The van der Waals surface area contributed by atoms with Gasteiger partial charge in [-0.15, -0.1) is 35.3 Å². The van der Waals surface area contributed by atoms with Crippen LogP contribution in [0, 0.1) is 5.92 Å². The zero-order valence-corrected chi connectivity index (χ0v) is 20.1. The summed E-state index contributed by atoms with van der Waals surface area (Å²) in [7, 11) is 0. The van der Waals surface area contributed by atoms with Crippen molar-refractivity contribution in [3.63, 3.8) is 0 Å². The van der Waals surface area contributed by atoms with Gasteiger partial charge in [0.05, 0.1) is 10.2 Å². The van der Waals surface area contributed by atoms with Crippen LogP contribution in [-0.2, 0) is 11.2 Å². The maximum Gasteiger partial charge on any atom is 0.283 e. The number of benzene rings is 2. The Hall–Kier alpha value is -2.15. The van der Waals surface area contributed by atoms with Gasteiger partial charge in [-0.1, -0.05) is 42.5 Å². The van der Waals surface area contributed by atoms with E-state index in [1.54, 1.807) is 0 Å². The Kier molecular flexibility index (Phi) is 8.91. The fraction of sp³-hybridized carbons (Fsp3) is 0.375. The number of carbonyl (C=O) groups is 2. The summed E-state index contributed by atoms with van der Waals surface area (Å²) < 4.78 is 1.02. The minimum atomic E-state index is -0.181. The summed E-state index contributed by atoms with van der Waals surface area (Å²) in [6, 6.07) is 18.1. The topological polar surface area (TPSA) is 62.3 Å². The Morgan fingerprint density at radius 1 is 1.12 bits per heavy atom. The fourth-order valence-corrected chi connectivity index (χ4v) is 5.36. The van der Waals surface area contributed by atoms with Crippen LogP contribution in [0.4, 0.5) is 0 Å². The van der Waals surface area contributed by atoms with E-state index in [-0.39, 0.29) is 42.1 Å². The van der Waals surface area contributed by atoms with Crippen molar-refractivity contribution in [3.8, 4) is 0 Å². The molecule has 5 nitrogen and oxygen atoms in total. The van der Waals surface area contributed by atoms with Crippen LogP contribution in [-0.4, -0.2) is 46.7 Å². The van der Waals surface area contributed by atoms with Gasteiger partial charge in [0.25, 0.3) is 5.91 Å². The molecule has 1 aromatic heterocycles. The zero-order chi connectivity index (χ0) is 21.6. The number of hydrogen-bond donors (Lipinski definition) is 1. The first-order valence-corrected chi connectivity index (χ1v) is 12.0. The van der Waals surface area contributed by atoms with Crippen molar-refractivity contribution in [2.45, 2.75) is 31.7 Å². The molecule has 0 bridgehead atoms. The van der Waals surface area contributed by atoms with Crippen LogP contribution in [0.15, 0.2) is 54.6 Å². The van der Waals surface area contributed by atoms with E-state index in [4.69, 9.17) is 11.6 Å². The van der Waals surface area contributed by atoms with Crippen molar-refractivity contribution < 1.29 is 9.59 Å². The third kappa shape index (κ3) is 5.80. The maximum absolute atomic E-state index is 13.5. The molecule has 1 aliphatic heterocycles. The summed E-state index contributed by atoms with van der Waals surface area (Å²) in [5.74, 6) is -0.141. The monoisotopic (exact) mass is 491 g/mol. The highest BCUT2D eigenvalue weighted by molar-refractivity contribution is 7.20. The number of rotatable bonds is 7. The van der Waals surface area contributed by atoms with Crippen LogP contribution in [0.3, 0.4) is 0 Å². The fourth-order valence-electron chi connectivity index (χ4n) is 4.34. The number of para-hydroxylation sites is 1. The first kappa shape index (κ1) is 24.5. The highest BCUT2D eigenvalue weighted by Crippen LogP contribution is 2.30. The average Bonchev–Trinajstić information content (AvgIpc) is 3.26. The lowest BCUT2D eigenvalue weighted by Crippen LogP contribution is -2.51. The third-order valence-corrected chi connectivity index (χ3v) is 7.12. The predicted molar refractivity (Wildman–Crippen MR) is 133 cm³/mol. The summed E-state index contributed by atoms with van der Waals surface area (Å²) in [4.78, 5) is 31.9. The van der Waals surface area contributed by atoms with E-state index in [1.165, 1.54) is 16.9 Å². The first-order valence-electron chi connectivity index (χ1n) is 10.7. The molecule has 1 saturated heterocycles. The molecule has 1 aliphatic rings. The van der Waals surface area contributed by atoms with Crippen molar-refractivity contribution >= 4 is 57.4 Å². The first-order chi connectivity index (χ1) is 15.2. The molecule has 8 heteroatoms. The number of carbonyl (C=O) groups excluding carboxylic acids is 2. The van der Waals surface area contributed by atoms with Crippen LogP contribution in [0.1, 0.15) is 34.6 Å². The molecule has 170 valence electrons. The van der Waals surface area contributed by atoms with Gasteiger partial charge in [-0.2, -0.15) is 0 Å². The Balaban J connectivity index is 0.00000289. The maximum atomic E-state index is 13.5. The van der Waals surface area contributed by atoms with Crippen LogP contribution in [0.25, 0.3) is 10.2 Å². The molecule has 2 heterocycles. The summed E-state index contributed by atoms with van der Waals surface area (Å²) in [6.07, 6.45) is 3.77. The number of halogens is 2. The van der Waals surface area contributed by atoms with E-state index in [0.29, 0.717) is 18.1 Å². The highest BCUT2D eigenvalue weighted by atomic mass is 35.5. The smallest absolute Gasteiger partial charge is 0.283 e. The number of aromatic nitrogens is 1. The number of amides is 2. The molecule has 2 amide bonds. The second-order valence-electron chi connectivity index (χ2n) is 7.94. The summed E-state index contributed by atoms with van der Waals surface area (Å²) in [5, 5.41) is 3.49. The van der Waals surface area contributed by atoms with Crippen molar-refractivity contribution in [1.82, 2.24) is 15.2 Å². The molecule has 32 heavy (non-hydrogen) atoms. The molecule has 0 aliphatic carbocycles. The molecule has 1 N–H and O–H groups in total. The minimum Gasteiger partial charge on any atom is -0.355 e. The van der Waals surface area contributed by atoms with Gasteiger partial charge in [-0.3, -0.25) is 9.59 Å². The van der Waals surface area contributed by atoms with Gasteiger partial charge in [0.15, 0.2) is 5.01 Å². The third-order valence-electron chi connectivity index (χ3n) is 5.85. The molecule has 0 saturated carbocycles. The van der Waals surface area contributed by atoms with E-state index < -0.39 is 0 Å². The van der Waals surface area contributed by atoms with Gasteiger partial charge in [-0.25, -0.2) is 4.98 Å². The van der Waals surface area contributed by atoms with Gasteiger partial charge in [0.2, 0.25) is 5.91 Å². The Morgan fingerprint density at radius 3 is 2.62 bits per heavy atom. The number of likely N-dealkylation sites (tertiary alicyclic amines) is 1. The molecule has 0 spiro atoms. The van der Waals surface area contributed by atoms with Crippen molar-refractivity contribution in [3.05, 3.63) is 65.2 Å². The number of fused-ring (bicyclic) bond motifs is 1. The molecule has 4 rings (SSSR count). The van der Waals surface area contributed by atoms with Gasteiger partial charge in [0.1, 0.15) is 5.88 Å². The lowest BCUT2D eigenvalue weighted by Gasteiger charge is -2.40. The second kappa shape index (κ2) is 11.6. The average molecular weight is 492 g/mol. The molecule has 1 fully saturated rings. The SMILES string of the molecule is Cl.O=C(CCl)NCC(Cc1ccccc1)C1CCCCN1C(=O)c1nc2ccccc2s1. The number of hydrogen-bond acceptors (Lipinski definition) is 4. The predicted octanol–water partition coefficient (Wildman–Crippen LogP) is 4.93. The Bertz CT molecular complexity index is 1010. The minimum absolute atomic E-state index is 0. The van der Waals surface area contributed by atoms with E-state index in [0.717, 1.165) is 35.9 Å². The number of piperidine rings is 1. The van der Waals surface area contributed by atoms with E-state index in [9.17, 15) is 9.59 Å². The lowest BCUT2D eigenvalue weighted by atomic mass is 9.85. The highest BCUT2D eigenvalue weighted by Gasteiger charge is 2.34. The second-order valence-corrected chi connectivity index (χ2v) is 9.23. The largest absolute Gasteiger partial charge is 0.355 e. The molecule has 0 radical (unpaired) electrons. The number of nitrogens with zero attached hydrogens (tertiary/aromatic N) is 2. The summed E-state index contributed by atoms with van der Waals surface area (Å²) in [5.41, 5.74) is 2.06. The molecular weight excluding hydrogens is 465 g/mol. The zero-order valence-electron chi connectivity index (χ0n) is 17.7. The van der Waals surface area contributed by atoms with Crippen LogP contribution < -0.4 is 5.32 Å². The van der Waals surface area contributed by atoms with Crippen LogP contribution >= 0.6 is 35.3 Å². The van der Waals surface area contributed by atoms with E-state index >= 15 is 0 Å². The van der Waals surface area contributed by atoms with Crippen molar-refractivity contribution in [1.29, 1.82) is 0 Å². The van der Waals surface area contributed by atoms with E-state index in [2.05, 4.69) is 22.4 Å². The standard InChI is InChI=1S/C24H26ClN3O2S.ClH/c25-15-22(29)26-16-18(14-17-8-2-1-3-9-17)20-11-6-7-13-28(20)24(30)23-27-19-10-4-5-12-21(19)31-23;/h1-5,8-10,12,18,20H,6-7,11,13-16H2,(H,26,29);1H. The quantitative estimate of drug-likeness (QED) is 0.476. The number of nitrogens with one attached hydrogen (secondary N) is 1. The molecule has 2 unspecified atom stereocenters. The normalized spacial score (nSPS) is 16.9. The summed E-state index contributed by atoms with van der Waals surface area (Å²) in [6.45, 7) is 1.21. The van der Waals surface area contributed by atoms with Gasteiger partial charge in [0, 0.05) is 25.0 Å². The number of alkyl halides is 1. The van der Waals surface area contributed by atoms with Crippen LogP contribution in [0.2, 0.25) is 0 Å². The molecule has 2 atom stereocenters. The van der Waals surface area contributed by atoms with E-state index in [1.807, 2.05) is 47.4 Å². The lowest BCUT2D eigenvalue weighted by molar-refractivity contribution is -0.118.